The molecule has 110 valence electrons. The molecule has 0 amide bonds. The molecular formula is C17H18ClNO2. The van der Waals surface area contributed by atoms with Crippen molar-refractivity contribution in [3.05, 3.63) is 65.2 Å². The molecule has 2 N–H and O–H groups in total. The maximum Gasteiger partial charge on any atom is 0.334 e. The van der Waals surface area contributed by atoms with Gasteiger partial charge < -0.3 is 10.4 Å². The summed E-state index contributed by atoms with van der Waals surface area (Å²) in [6, 6.07) is 16.3. The summed E-state index contributed by atoms with van der Waals surface area (Å²) in [6.45, 7) is 1.98. The highest BCUT2D eigenvalue weighted by atomic mass is 35.5. The number of nitrogens with one attached hydrogen (secondary N) is 1. The van der Waals surface area contributed by atoms with Crippen LogP contribution in [0.15, 0.2) is 54.6 Å². The Morgan fingerprint density at radius 1 is 1.14 bits per heavy atom. The molecule has 21 heavy (non-hydrogen) atoms. The van der Waals surface area contributed by atoms with Crippen LogP contribution < -0.4 is 5.32 Å². The van der Waals surface area contributed by atoms with Crippen molar-refractivity contribution in [2.45, 2.75) is 25.3 Å². The van der Waals surface area contributed by atoms with Gasteiger partial charge in [-0.1, -0.05) is 55.3 Å². The Hall–Kier alpha value is -2.00. The largest absolute Gasteiger partial charge is 0.479 e. The first-order valence-electron chi connectivity index (χ1n) is 6.91. The van der Waals surface area contributed by atoms with Crippen LogP contribution in [0.3, 0.4) is 0 Å². The first-order valence-corrected chi connectivity index (χ1v) is 7.29. The number of hydrogen-bond acceptors (Lipinski definition) is 2. The second-order valence-corrected chi connectivity index (χ2v) is 5.39. The van der Waals surface area contributed by atoms with Crippen LogP contribution in [0.5, 0.6) is 0 Å². The van der Waals surface area contributed by atoms with Gasteiger partial charge in [-0.05, 0) is 36.2 Å². The molecule has 2 rings (SSSR count). The fourth-order valence-electron chi connectivity index (χ4n) is 2.44. The Kier molecular flexibility index (Phi) is 4.86. The first-order chi connectivity index (χ1) is 10.1. The smallest absolute Gasteiger partial charge is 0.334 e. The van der Waals surface area contributed by atoms with E-state index >= 15 is 0 Å². The van der Waals surface area contributed by atoms with Crippen LogP contribution >= 0.6 is 11.6 Å². The van der Waals surface area contributed by atoms with Crippen LogP contribution in [0.4, 0.5) is 5.69 Å². The highest BCUT2D eigenvalue weighted by molar-refractivity contribution is 6.30. The lowest BCUT2D eigenvalue weighted by atomic mass is 9.85. The molecule has 0 heterocycles. The highest BCUT2D eigenvalue weighted by Crippen LogP contribution is 2.32. The minimum absolute atomic E-state index is 0.495. The minimum Gasteiger partial charge on any atom is -0.479 e. The maximum atomic E-state index is 12.0. The number of hydrogen-bond donors (Lipinski definition) is 2. The van der Waals surface area contributed by atoms with Gasteiger partial charge >= 0.3 is 5.97 Å². The van der Waals surface area contributed by atoms with E-state index in [9.17, 15) is 9.90 Å². The number of carboxylic acids is 1. The Balaban J connectivity index is 2.44. The van der Waals surface area contributed by atoms with Gasteiger partial charge in [0, 0.05) is 10.7 Å². The third kappa shape index (κ3) is 3.37. The number of benzene rings is 2. The van der Waals surface area contributed by atoms with Gasteiger partial charge in [0.1, 0.15) is 0 Å². The number of aliphatic carboxylic acids is 1. The van der Waals surface area contributed by atoms with E-state index in [-0.39, 0.29) is 0 Å². The van der Waals surface area contributed by atoms with Gasteiger partial charge in [0.15, 0.2) is 5.54 Å². The Labute approximate surface area is 129 Å². The molecule has 0 spiro atoms. The van der Waals surface area contributed by atoms with Gasteiger partial charge in [-0.2, -0.15) is 0 Å². The van der Waals surface area contributed by atoms with Crippen molar-refractivity contribution in [3.8, 4) is 0 Å². The molecule has 0 bridgehead atoms. The van der Waals surface area contributed by atoms with Crippen molar-refractivity contribution in [1.29, 1.82) is 0 Å². The van der Waals surface area contributed by atoms with Crippen LogP contribution in [-0.4, -0.2) is 11.1 Å². The molecule has 0 radical (unpaired) electrons. The molecule has 0 fully saturated rings. The van der Waals surface area contributed by atoms with Crippen molar-refractivity contribution in [2.75, 3.05) is 5.32 Å². The molecule has 4 heteroatoms. The van der Waals surface area contributed by atoms with Crippen molar-refractivity contribution in [3.63, 3.8) is 0 Å². The summed E-state index contributed by atoms with van der Waals surface area (Å²) in [5.41, 5.74) is 0.345. The molecule has 0 saturated carbocycles. The van der Waals surface area contributed by atoms with E-state index in [0.717, 1.165) is 17.7 Å². The summed E-state index contributed by atoms with van der Waals surface area (Å²) >= 11 is 5.88. The van der Waals surface area contributed by atoms with E-state index < -0.39 is 11.5 Å². The SMILES string of the molecule is CCCC(Nc1ccc(Cl)cc1)(C(=O)O)c1ccccc1. The summed E-state index contributed by atoms with van der Waals surface area (Å²) in [7, 11) is 0. The highest BCUT2D eigenvalue weighted by Gasteiger charge is 2.39. The van der Waals surface area contributed by atoms with Gasteiger partial charge in [-0.25, -0.2) is 4.79 Å². The third-order valence-electron chi connectivity index (χ3n) is 3.46. The second-order valence-electron chi connectivity index (χ2n) is 4.96. The topological polar surface area (TPSA) is 49.3 Å². The summed E-state index contributed by atoms with van der Waals surface area (Å²) in [5.74, 6) is -0.884. The zero-order valence-electron chi connectivity index (χ0n) is 11.8. The van der Waals surface area contributed by atoms with Gasteiger partial charge in [-0.15, -0.1) is 0 Å². The van der Waals surface area contributed by atoms with E-state index in [1.54, 1.807) is 24.3 Å². The van der Waals surface area contributed by atoms with Crippen molar-refractivity contribution in [2.24, 2.45) is 0 Å². The van der Waals surface area contributed by atoms with Crippen LogP contribution in [-0.2, 0) is 10.3 Å². The van der Waals surface area contributed by atoms with Gasteiger partial charge in [0.2, 0.25) is 0 Å². The monoisotopic (exact) mass is 303 g/mol. The normalized spacial score (nSPS) is 13.4. The van der Waals surface area contributed by atoms with Crippen LogP contribution in [0.1, 0.15) is 25.3 Å². The molecule has 2 aromatic rings. The van der Waals surface area contributed by atoms with Crippen molar-refractivity contribution >= 4 is 23.3 Å². The van der Waals surface area contributed by atoms with Gasteiger partial charge in [0.05, 0.1) is 0 Å². The van der Waals surface area contributed by atoms with Gasteiger partial charge in [-0.3, -0.25) is 0 Å². The quantitative estimate of drug-likeness (QED) is 0.824. The van der Waals surface area contributed by atoms with Crippen LogP contribution in [0.2, 0.25) is 5.02 Å². The molecule has 1 unspecified atom stereocenters. The van der Waals surface area contributed by atoms with E-state index in [1.807, 2.05) is 37.3 Å². The molecule has 1 atom stereocenters. The van der Waals surface area contributed by atoms with E-state index in [0.29, 0.717) is 11.4 Å². The summed E-state index contributed by atoms with van der Waals surface area (Å²) in [4.78, 5) is 12.0. The van der Waals surface area contributed by atoms with Gasteiger partial charge in [0.25, 0.3) is 0 Å². The number of rotatable bonds is 6. The zero-order valence-corrected chi connectivity index (χ0v) is 12.6. The Morgan fingerprint density at radius 3 is 2.29 bits per heavy atom. The standard InChI is InChI=1S/C17H18ClNO2/c1-2-12-17(16(20)21,13-6-4-3-5-7-13)19-15-10-8-14(18)9-11-15/h3-11,19H,2,12H2,1H3,(H,20,21). The van der Waals surface area contributed by atoms with Crippen molar-refractivity contribution in [1.82, 2.24) is 0 Å². The molecule has 3 nitrogen and oxygen atoms in total. The van der Waals surface area contributed by atoms with Crippen LogP contribution in [0, 0.1) is 0 Å². The number of halogens is 1. The molecule has 0 aromatic heterocycles. The predicted molar refractivity (Wildman–Crippen MR) is 85.7 cm³/mol. The predicted octanol–water partition coefficient (Wildman–Crippen LogP) is 4.53. The fourth-order valence-corrected chi connectivity index (χ4v) is 2.57. The van der Waals surface area contributed by atoms with Crippen molar-refractivity contribution < 1.29 is 9.90 Å². The lowest BCUT2D eigenvalue weighted by molar-refractivity contribution is -0.143. The number of carbonyl (C=O) groups is 1. The lowest BCUT2D eigenvalue weighted by Gasteiger charge is -2.32. The summed E-state index contributed by atoms with van der Waals surface area (Å²) in [5, 5.41) is 13.6. The number of carboxylic acid groups (broad SMARTS) is 1. The molecule has 0 saturated heterocycles. The second kappa shape index (κ2) is 6.64. The number of anilines is 1. The first kappa shape index (κ1) is 15.4. The maximum absolute atomic E-state index is 12.0. The van der Waals surface area contributed by atoms with E-state index in [1.165, 1.54) is 0 Å². The summed E-state index contributed by atoms with van der Waals surface area (Å²) < 4.78 is 0. The Morgan fingerprint density at radius 2 is 1.76 bits per heavy atom. The average Bonchev–Trinajstić information content (AvgIpc) is 2.49. The summed E-state index contributed by atoms with van der Waals surface area (Å²) in [6.07, 6.45) is 1.25. The molecule has 0 aliphatic rings. The van der Waals surface area contributed by atoms with E-state index in [2.05, 4.69) is 5.32 Å². The zero-order chi connectivity index (χ0) is 15.3. The van der Waals surface area contributed by atoms with Crippen LogP contribution in [0.25, 0.3) is 0 Å². The molecule has 2 aromatic carbocycles. The molecule has 0 aliphatic heterocycles. The Bertz CT molecular complexity index is 598. The molecular weight excluding hydrogens is 286 g/mol. The minimum atomic E-state index is -1.14. The third-order valence-corrected chi connectivity index (χ3v) is 3.71. The fraction of sp³-hybridized carbons (Fsp3) is 0.235. The molecule has 0 aliphatic carbocycles. The van der Waals surface area contributed by atoms with E-state index in [4.69, 9.17) is 11.6 Å². The average molecular weight is 304 g/mol. The lowest BCUT2D eigenvalue weighted by Crippen LogP contribution is -2.43.